The third kappa shape index (κ3) is 1.52. The third-order valence-electron chi connectivity index (χ3n) is 2.06. The van der Waals surface area contributed by atoms with Crippen LogP contribution >= 0.6 is 0 Å². The van der Waals surface area contributed by atoms with Crippen LogP contribution in [0.15, 0.2) is 47.4 Å². The number of nitrogens with two attached hydrogens (primary N) is 1. The predicted molar refractivity (Wildman–Crippen MR) is 56.9 cm³/mol. The van der Waals surface area contributed by atoms with Gasteiger partial charge in [-0.2, -0.15) is 0 Å². The fraction of sp³-hybridized carbons (Fsp3) is 0. The van der Waals surface area contributed by atoms with Crippen LogP contribution < -0.4 is 11.3 Å². The van der Waals surface area contributed by atoms with Gasteiger partial charge in [0, 0.05) is 29.1 Å². The fourth-order valence-electron chi connectivity index (χ4n) is 1.34. The van der Waals surface area contributed by atoms with Crippen molar-refractivity contribution < 1.29 is 0 Å². The molecule has 0 spiro atoms. The van der Waals surface area contributed by atoms with E-state index >= 15 is 0 Å². The minimum atomic E-state index is -0.108. The van der Waals surface area contributed by atoms with E-state index in [0.29, 0.717) is 5.69 Å². The Labute approximate surface area is 81.2 Å². The van der Waals surface area contributed by atoms with E-state index in [1.54, 1.807) is 12.3 Å². The number of aromatic amines is 1. The molecule has 0 aliphatic heterocycles. The largest absolute Gasteiger partial charge is 0.398 e. The first kappa shape index (κ1) is 8.56. The summed E-state index contributed by atoms with van der Waals surface area (Å²) in [4.78, 5) is 13.5. The highest BCUT2D eigenvalue weighted by Gasteiger charge is 2.00. The number of pyridine rings is 1. The molecule has 0 atom stereocenters. The summed E-state index contributed by atoms with van der Waals surface area (Å²) in [5, 5.41) is 0. The molecule has 0 saturated heterocycles. The maximum Gasteiger partial charge on any atom is 0.247 e. The van der Waals surface area contributed by atoms with Crippen molar-refractivity contribution in [1.82, 2.24) is 4.98 Å². The molecule has 0 amide bonds. The van der Waals surface area contributed by atoms with E-state index in [1.165, 1.54) is 6.07 Å². The molecule has 70 valence electrons. The lowest BCUT2D eigenvalue weighted by molar-refractivity contribution is 1.24. The van der Waals surface area contributed by atoms with Crippen LogP contribution in [0, 0.1) is 0 Å². The average Bonchev–Trinajstić information content (AvgIpc) is 2.20. The maximum absolute atomic E-state index is 10.9. The Balaban J connectivity index is 2.55. The molecular formula is C11H10N2O. The van der Waals surface area contributed by atoms with E-state index in [0.717, 1.165) is 11.1 Å². The Morgan fingerprint density at radius 2 is 1.86 bits per heavy atom. The molecule has 3 heteroatoms. The molecule has 1 aromatic heterocycles. The molecule has 2 aromatic rings. The lowest BCUT2D eigenvalue weighted by Gasteiger charge is -2.03. The molecule has 0 unspecified atom stereocenters. The zero-order chi connectivity index (χ0) is 9.97. The molecule has 0 bridgehead atoms. The minimum Gasteiger partial charge on any atom is -0.398 e. The molecule has 1 aromatic carbocycles. The molecule has 1 heterocycles. The molecular weight excluding hydrogens is 176 g/mol. The summed E-state index contributed by atoms with van der Waals surface area (Å²) in [6, 6.07) is 10.8. The zero-order valence-electron chi connectivity index (χ0n) is 7.53. The number of hydrogen-bond donors (Lipinski definition) is 2. The first-order chi connectivity index (χ1) is 6.77. The van der Waals surface area contributed by atoms with Gasteiger partial charge in [0.05, 0.1) is 0 Å². The quantitative estimate of drug-likeness (QED) is 0.665. The molecule has 14 heavy (non-hydrogen) atoms. The molecule has 3 N–H and O–H groups in total. The van der Waals surface area contributed by atoms with Crippen LogP contribution in [-0.4, -0.2) is 4.98 Å². The number of benzene rings is 1. The lowest BCUT2D eigenvalue weighted by atomic mass is 10.1. The number of para-hydroxylation sites is 1. The van der Waals surface area contributed by atoms with E-state index in [9.17, 15) is 4.79 Å². The average molecular weight is 186 g/mol. The van der Waals surface area contributed by atoms with Crippen LogP contribution in [0.3, 0.4) is 0 Å². The monoisotopic (exact) mass is 186 g/mol. The van der Waals surface area contributed by atoms with Crippen molar-refractivity contribution in [3.8, 4) is 11.1 Å². The molecule has 0 saturated carbocycles. The Morgan fingerprint density at radius 1 is 1.07 bits per heavy atom. The van der Waals surface area contributed by atoms with Crippen molar-refractivity contribution in [3.63, 3.8) is 0 Å². The first-order valence-electron chi connectivity index (χ1n) is 4.31. The highest BCUT2D eigenvalue weighted by molar-refractivity contribution is 5.75. The number of aromatic nitrogens is 1. The van der Waals surface area contributed by atoms with Gasteiger partial charge in [-0.3, -0.25) is 4.79 Å². The van der Waals surface area contributed by atoms with Crippen LogP contribution in [0.1, 0.15) is 0 Å². The number of H-pyrrole nitrogens is 1. The molecule has 3 nitrogen and oxygen atoms in total. The molecule has 0 aliphatic rings. The van der Waals surface area contributed by atoms with Crippen molar-refractivity contribution in [3.05, 3.63) is 52.9 Å². The maximum atomic E-state index is 10.9. The van der Waals surface area contributed by atoms with Crippen molar-refractivity contribution >= 4 is 5.69 Å². The molecule has 0 aliphatic carbocycles. The van der Waals surface area contributed by atoms with E-state index in [-0.39, 0.29) is 5.56 Å². The van der Waals surface area contributed by atoms with Crippen LogP contribution in [0.2, 0.25) is 0 Å². The topological polar surface area (TPSA) is 58.9 Å². The van der Waals surface area contributed by atoms with E-state index in [2.05, 4.69) is 4.98 Å². The zero-order valence-corrected chi connectivity index (χ0v) is 7.53. The van der Waals surface area contributed by atoms with E-state index in [1.807, 2.05) is 24.3 Å². The second-order valence-corrected chi connectivity index (χ2v) is 3.03. The Hall–Kier alpha value is -2.03. The van der Waals surface area contributed by atoms with E-state index in [4.69, 9.17) is 5.73 Å². The van der Waals surface area contributed by atoms with Gasteiger partial charge >= 0.3 is 0 Å². The van der Waals surface area contributed by atoms with Crippen molar-refractivity contribution in [1.29, 1.82) is 0 Å². The Kier molecular flexibility index (Phi) is 2.07. The van der Waals surface area contributed by atoms with Gasteiger partial charge in [-0.15, -0.1) is 0 Å². The van der Waals surface area contributed by atoms with Gasteiger partial charge in [0.25, 0.3) is 0 Å². The van der Waals surface area contributed by atoms with Gasteiger partial charge in [0.2, 0.25) is 5.56 Å². The van der Waals surface area contributed by atoms with Crippen LogP contribution in [-0.2, 0) is 0 Å². The van der Waals surface area contributed by atoms with Crippen LogP contribution in [0.5, 0.6) is 0 Å². The Bertz CT molecular complexity index is 482. The van der Waals surface area contributed by atoms with Gasteiger partial charge < -0.3 is 10.7 Å². The summed E-state index contributed by atoms with van der Waals surface area (Å²) in [7, 11) is 0. The van der Waals surface area contributed by atoms with Gasteiger partial charge in [0.15, 0.2) is 0 Å². The fourth-order valence-corrected chi connectivity index (χ4v) is 1.34. The van der Waals surface area contributed by atoms with Crippen molar-refractivity contribution in [2.45, 2.75) is 0 Å². The van der Waals surface area contributed by atoms with Crippen LogP contribution in [0.4, 0.5) is 5.69 Å². The molecule has 2 rings (SSSR count). The number of anilines is 1. The smallest absolute Gasteiger partial charge is 0.247 e. The third-order valence-corrected chi connectivity index (χ3v) is 2.06. The number of nitrogens with one attached hydrogen (secondary N) is 1. The van der Waals surface area contributed by atoms with E-state index < -0.39 is 0 Å². The summed E-state index contributed by atoms with van der Waals surface area (Å²) in [6.07, 6.45) is 1.66. The second-order valence-electron chi connectivity index (χ2n) is 3.03. The van der Waals surface area contributed by atoms with Gasteiger partial charge in [0.1, 0.15) is 0 Å². The number of nitrogen functional groups attached to an aromatic ring is 1. The Morgan fingerprint density at radius 3 is 2.50 bits per heavy atom. The second kappa shape index (κ2) is 3.38. The van der Waals surface area contributed by atoms with Gasteiger partial charge in [-0.1, -0.05) is 18.2 Å². The summed E-state index contributed by atoms with van der Waals surface area (Å²) < 4.78 is 0. The number of hydrogen-bond acceptors (Lipinski definition) is 2. The molecule has 0 radical (unpaired) electrons. The highest BCUT2D eigenvalue weighted by atomic mass is 16.1. The van der Waals surface area contributed by atoms with Gasteiger partial charge in [-0.25, -0.2) is 0 Å². The summed E-state index contributed by atoms with van der Waals surface area (Å²) in [6.45, 7) is 0. The minimum absolute atomic E-state index is 0.108. The first-order valence-corrected chi connectivity index (χ1v) is 4.31. The number of rotatable bonds is 1. The molecule has 0 fully saturated rings. The summed E-state index contributed by atoms with van der Waals surface area (Å²) in [5.74, 6) is 0. The lowest BCUT2D eigenvalue weighted by Crippen LogP contribution is -2.01. The summed E-state index contributed by atoms with van der Waals surface area (Å²) >= 11 is 0. The van der Waals surface area contributed by atoms with Crippen LogP contribution in [0.25, 0.3) is 11.1 Å². The summed E-state index contributed by atoms with van der Waals surface area (Å²) in [5.41, 5.74) is 8.25. The van der Waals surface area contributed by atoms with Crippen molar-refractivity contribution in [2.75, 3.05) is 5.73 Å². The van der Waals surface area contributed by atoms with Gasteiger partial charge in [-0.05, 0) is 12.1 Å². The SMILES string of the molecule is Nc1ccccc1-c1ccc(=O)[nH]c1. The highest BCUT2D eigenvalue weighted by Crippen LogP contribution is 2.23. The standard InChI is InChI=1S/C11H10N2O/c12-10-4-2-1-3-9(10)8-5-6-11(14)13-7-8/h1-7H,12H2,(H,13,14). The normalized spacial score (nSPS) is 10.0. The predicted octanol–water partition coefficient (Wildman–Crippen LogP) is 1.62. The van der Waals surface area contributed by atoms with Crippen molar-refractivity contribution in [2.24, 2.45) is 0 Å².